The number of nitrogens with one attached hydrogen (secondary N) is 1. The van der Waals surface area contributed by atoms with Crippen molar-refractivity contribution in [2.75, 3.05) is 17.6 Å². The number of nitrogen functional groups attached to an aromatic ring is 1. The second kappa shape index (κ2) is 3.09. The van der Waals surface area contributed by atoms with Gasteiger partial charge in [-0.05, 0) is 23.8 Å². The third kappa shape index (κ3) is 1.37. The Morgan fingerprint density at radius 2 is 2.46 bits per heavy atom. The number of hydrogen-bond acceptors (Lipinski definition) is 3. The van der Waals surface area contributed by atoms with E-state index in [0.717, 1.165) is 24.2 Å². The van der Waals surface area contributed by atoms with Crippen molar-refractivity contribution in [3.63, 3.8) is 0 Å². The van der Waals surface area contributed by atoms with Crippen molar-refractivity contribution in [3.05, 3.63) is 23.8 Å². The molecule has 0 amide bonds. The summed E-state index contributed by atoms with van der Waals surface area (Å²) in [7, 11) is 0. The molecule has 3 heteroatoms. The average molecular weight is 176 g/mol. The lowest BCUT2D eigenvalue weighted by Crippen LogP contribution is -2.02. The SMILES string of the molecule is Nc1ccc2c(c1)C(CC=O)CN2. The summed E-state index contributed by atoms with van der Waals surface area (Å²) < 4.78 is 0. The topological polar surface area (TPSA) is 55.1 Å². The number of hydrogen-bond donors (Lipinski definition) is 2. The lowest BCUT2D eigenvalue weighted by molar-refractivity contribution is -0.108. The van der Waals surface area contributed by atoms with Gasteiger partial charge in [-0.3, -0.25) is 0 Å². The first-order valence-electron chi connectivity index (χ1n) is 4.38. The van der Waals surface area contributed by atoms with Crippen LogP contribution in [0, 0.1) is 0 Å². The minimum atomic E-state index is 0.302. The Labute approximate surface area is 76.9 Å². The summed E-state index contributed by atoms with van der Waals surface area (Å²) in [5.41, 5.74) is 8.72. The zero-order valence-corrected chi connectivity index (χ0v) is 7.29. The first-order chi connectivity index (χ1) is 6.31. The van der Waals surface area contributed by atoms with Crippen molar-refractivity contribution < 1.29 is 4.79 Å². The smallest absolute Gasteiger partial charge is 0.120 e. The quantitative estimate of drug-likeness (QED) is 0.528. The van der Waals surface area contributed by atoms with Gasteiger partial charge >= 0.3 is 0 Å². The van der Waals surface area contributed by atoms with Crippen molar-refractivity contribution in [2.24, 2.45) is 0 Å². The molecule has 0 aliphatic carbocycles. The van der Waals surface area contributed by atoms with E-state index in [2.05, 4.69) is 5.32 Å². The van der Waals surface area contributed by atoms with Gasteiger partial charge in [-0.1, -0.05) is 0 Å². The summed E-state index contributed by atoms with van der Waals surface area (Å²) in [4.78, 5) is 10.4. The Kier molecular flexibility index (Phi) is 1.93. The van der Waals surface area contributed by atoms with Gasteiger partial charge in [0.2, 0.25) is 0 Å². The van der Waals surface area contributed by atoms with Gasteiger partial charge in [0.25, 0.3) is 0 Å². The lowest BCUT2D eigenvalue weighted by Gasteiger charge is -2.05. The highest BCUT2D eigenvalue weighted by Crippen LogP contribution is 2.34. The molecule has 0 aromatic heterocycles. The maximum atomic E-state index is 10.4. The van der Waals surface area contributed by atoms with Gasteiger partial charge in [0.05, 0.1) is 0 Å². The molecule has 1 heterocycles. The van der Waals surface area contributed by atoms with Crippen molar-refractivity contribution in [1.82, 2.24) is 0 Å². The molecule has 1 unspecified atom stereocenters. The number of carbonyl (C=O) groups excluding carboxylic acids is 1. The number of aldehydes is 1. The molecule has 0 fully saturated rings. The number of carbonyl (C=O) groups is 1. The van der Waals surface area contributed by atoms with E-state index in [0.29, 0.717) is 12.3 Å². The van der Waals surface area contributed by atoms with Gasteiger partial charge in [0, 0.05) is 30.3 Å². The van der Waals surface area contributed by atoms with E-state index in [1.165, 1.54) is 5.56 Å². The van der Waals surface area contributed by atoms with Crippen LogP contribution in [-0.4, -0.2) is 12.8 Å². The zero-order chi connectivity index (χ0) is 9.26. The highest BCUT2D eigenvalue weighted by molar-refractivity contribution is 5.65. The van der Waals surface area contributed by atoms with Gasteiger partial charge in [-0.2, -0.15) is 0 Å². The van der Waals surface area contributed by atoms with Crippen molar-refractivity contribution in [3.8, 4) is 0 Å². The van der Waals surface area contributed by atoms with Crippen LogP contribution in [0.4, 0.5) is 11.4 Å². The van der Waals surface area contributed by atoms with Crippen LogP contribution in [0.1, 0.15) is 17.9 Å². The molecule has 3 N–H and O–H groups in total. The number of benzene rings is 1. The number of anilines is 2. The standard InChI is InChI=1S/C10H12N2O/c11-8-1-2-10-9(5-8)7(3-4-13)6-12-10/h1-2,4-5,7,12H,3,6,11H2. The number of rotatable bonds is 2. The van der Waals surface area contributed by atoms with Crippen LogP contribution < -0.4 is 11.1 Å². The Balaban J connectivity index is 2.34. The maximum Gasteiger partial charge on any atom is 0.120 e. The number of fused-ring (bicyclic) bond motifs is 1. The molecule has 0 saturated carbocycles. The molecule has 0 radical (unpaired) electrons. The first kappa shape index (κ1) is 8.10. The van der Waals surface area contributed by atoms with Crippen LogP contribution in [0.5, 0.6) is 0 Å². The molecule has 0 spiro atoms. The summed E-state index contributed by atoms with van der Waals surface area (Å²) in [6.45, 7) is 0.845. The summed E-state index contributed by atoms with van der Waals surface area (Å²) in [6.07, 6.45) is 1.54. The number of nitrogens with two attached hydrogens (primary N) is 1. The van der Waals surface area contributed by atoms with Crippen LogP contribution in [0.3, 0.4) is 0 Å². The van der Waals surface area contributed by atoms with Crippen molar-refractivity contribution >= 4 is 17.7 Å². The van der Waals surface area contributed by atoms with Crippen LogP contribution in [0.25, 0.3) is 0 Å². The van der Waals surface area contributed by atoms with E-state index in [-0.39, 0.29) is 0 Å². The van der Waals surface area contributed by atoms with E-state index < -0.39 is 0 Å². The second-order valence-corrected chi connectivity index (χ2v) is 3.33. The van der Waals surface area contributed by atoms with E-state index in [9.17, 15) is 4.79 Å². The molecule has 3 nitrogen and oxygen atoms in total. The summed E-state index contributed by atoms with van der Waals surface area (Å²) in [6, 6.07) is 5.79. The van der Waals surface area contributed by atoms with Crippen LogP contribution in [0.15, 0.2) is 18.2 Å². The fraction of sp³-hybridized carbons (Fsp3) is 0.300. The van der Waals surface area contributed by atoms with Crippen LogP contribution in [0.2, 0.25) is 0 Å². The molecule has 1 aliphatic rings. The van der Waals surface area contributed by atoms with E-state index in [1.807, 2.05) is 18.2 Å². The molecular weight excluding hydrogens is 164 g/mol. The molecule has 0 bridgehead atoms. The van der Waals surface area contributed by atoms with Gasteiger partial charge in [-0.15, -0.1) is 0 Å². The summed E-state index contributed by atoms with van der Waals surface area (Å²) >= 11 is 0. The molecule has 13 heavy (non-hydrogen) atoms. The predicted octanol–water partition coefficient (Wildman–Crippen LogP) is 1.37. The summed E-state index contributed by atoms with van der Waals surface area (Å²) in [5, 5.41) is 3.25. The molecule has 1 aromatic carbocycles. The largest absolute Gasteiger partial charge is 0.399 e. The fourth-order valence-electron chi connectivity index (χ4n) is 1.75. The van der Waals surface area contributed by atoms with Gasteiger partial charge in [-0.25, -0.2) is 0 Å². The summed E-state index contributed by atoms with van der Waals surface area (Å²) in [5.74, 6) is 0.302. The Hall–Kier alpha value is -1.51. The zero-order valence-electron chi connectivity index (χ0n) is 7.29. The van der Waals surface area contributed by atoms with Gasteiger partial charge < -0.3 is 15.8 Å². The van der Waals surface area contributed by atoms with E-state index in [4.69, 9.17) is 5.73 Å². The molecule has 68 valence electrons. The van der Waals surface area contributed by atoms with Crippen LogP contribution >= 0.6 is 0 Å². The van der Waals surface area contributed by atoms with E-state index in [1.54, 1.807) is 0 Å². The lowest BCUT2D eigenvalue weighted by atomic mass is 9.98. The molecule has 1 atom stereocenters. The third-order valence-electron chi connectivity index (χ3n) is 2.44. The third-order valence-corrected chi connectivity index (χ3v) is 2.44. The van der Waals surface area contributed by atoms with Crippen LogP contribution in [-0.2, 0) is 4.79 Å². The highest BCUT2D eigenvalue weighted by atomic mass is 16.1. The minimum Gasteiger partial charge on any atom is -0.399 e. The normalized spacial score (nSPS) is 19.2. The predicted molar refractivity (Wildman–Crippen MR) is 52.8 cm³/mol. The molecule has 1 aromatic rings. The van der Waals surface area contributed by atoms with E-state index >= 15 is 0 Å². The van der Waals surface area contributed by atoms with Crippen molar-refractivity contribution in [1.29, 1.82) is 0 Å². The molecule has 0 saturated heterocycles. The van der Waals surface area contributed by atoms with Gasteiger partial charge in [0.1, 0.15) is 6.29 Å². The van der Waals surface area contributed by atoms with Gasteiger partial charge in [0.15, 0.2) is 0 Å². The molecular formula is C10H12N2O. The Morgan fingerprint density at radius 1 is 1.62 bits per heavy atom. The minimum absolute atomic E-state index is 0.302. The molecule has 2 rings (SSSR count). The second-order valence-electron chi connectivity index (χ2n) is 3.33. The van der Waals surface area contributed by atoms with Crippen molar-refractivity contribution in [2.45, 2.75) is 12.3 Å². The Bertz CT molecular complexity index is 336. The first-order valence-corrected chi connectivity index (χ1v) is 4.38. The fourth-order valence-corrected chi connectivity index (χ4v) is 1.75. The monoisotopic (exact) mass is 176 g/mol. The Morgan fingerprint density at radius 3 is 3.23 bits per heavy atom. The average Bonchev–Trinajstić information content (AvgIpc) is 2.49. The highest BCUT2D eigenvalue weighted by Gasteiger charge is 2.21. The maximum absolute atomic E-state index is 10.4. The molecule has 1 aliphatic heterocycles.